The predicted molar refractivity (Wildman–Crippen MR) is 137 cm³/mol. The Kier molecular flexibility index (Phi) is 6.49. The van der Waals surface area contributed by atoms with Crippen LogP contribution in [0.15, 0.2) is 103 Å². The van der Waals surface area contributed by atoms with Gasteiger partial charge < -0.3 is 0 Å². The Morgan fingerprint density at radius 3 is 2.22 bits per heavy atom. The van der Waals surface area contributed by atoms with Gasteiger partial charge in [-0.25, -0.2) is 0 Å². The van der Waals surface area contributed by atoms with Crippen molar-refractivity contribution in [2.75, 3.05) is 5.32 Å². The van der Waals surface area contributed by atoms with E-state index in [-0.39, 0.29) is 35.8 Å². The molecule has 0 bridgehead atoms. The fourth-order valence-electron chi connectivity index (χ4n) is 3.28. The number of benzene rings is 3. The monoisotopic (exact) mass is 566 g/mol. The van der Waals surface area contributed by atoms with Crippen LogP contribution >= 0.6 is 11.3 Å². The number of anilines is 1. The topological polar surface area (TPSA) is 42.0 Å². The average molecular weight is 564 g/mol. The second kappa shape index (κ2) is 9.83. The number of nitrogens with one attached hydrogen (secondary N) is 1. The summed E-state index contributed by atoms with van der Waals surface area (Å²) in [6.45, 7) is 0. The molecule has 32 heavy (non-hydrogen) atoms. The molecule has 0 saturated carbocycles. The summed E-state index contributed by atoms with van der Waals surface area (Å²) in [4.78, 5) is 18.1. The van der Waals surface area contributed by atoms with Gasteiger partial charge in [0.05, 0.1) is 0 Å². The van der Waals surface area contributed by atoms with Gasteiger partial charge in [-0.05, 0) is 0 Å². The molecule has 0 aliphatic carbocycles. The molecule has 1 N–H and O–H groups in total. The number of nitrogens with zero attached hydrogens (tertiary/aromatic N) is 1. The quantitative estimate of drug-likeness (QED) is 0.323. The molecule has 0 radical (unpaired) electrons. The van der Waals surface area contributed by atoms with Crippen molar-refractivity contribution in [1.29, 1.82) is 0 Å². The van der Waals surface area contributed by atoms with E-state index in [1.165, 1.54) is 8.92 Å². The minimum absolute atomic E-state index is 0.0509. The molecule has 1 amide bonds. The van der Waals surface area contributed by atoms with Crippen molar-refractivity contribution in [3.8, 4) is 0 Å². The van der Waals surface area contributed by atoms with Crippen LogP contribution in [0.4, 0.5) is 5.69 Å². The zero-order valence-corrected chi connectivity index (χ0v) is 21.1. The molecular formula is C26H18N2OSSe2. The Bertz CT molecular complexity index is 1310. The number of hydrogen-bond donors (Lipinski definition) is 1. The van der Waals surface area contributed by atoms with Gasteiger partial charge in [0.25, 0.3) is 0 Å². The molecule has 2 heterocycles. The van der Waals surface area contributed by atoms with Crippen LogP contribution in [-0.2, 0) is 0 Å². The number of aromatic nitrogens is 1. The van der Waals surface area contributed by atoms with Crippen molar-refractivity contribution in [2.24, 2.45) is 0 Å². The maximum absolute atomic E-state index is 13.6. The van der Waals surface area contributed by atoms with Gasteiger partial charge in [-0.3, -0.25) is 0 Å². The van der Waals surface area contributed by atoms with Crippen LogP contribution in [0.25, 0.3) is 10.9 Å². The van der Waals surface area contributed by atoms with Crippen LogP contribution in [0.3, 0.4) is 0 Å². The van der Waals surface area contributed by atoms with E-state index >= 15 is 0 Å². The molecule has 0 aliphatic rings. The molecule has 0 saturated heterocycles. The Morgan fingerprint density at radius 2 is 1.47 bits per heavy atom. The van der Waals surface area contributed by atoms with Crippen molar-refractivity contribution in [3.05, 3.63) is 108 Å². The zero-order valence-electron chi connectivity index (χ0n) is 16.9. The Hall–Kier alpha value is -2.72. The van der Waals surface area contributed by atoms with Gasteiger partial charge >= 0.3 is 204 Å². The fraction of sp³-hybridized carbons (Fsp3) is 0. The number of pyridine rings is 1. The minimum atomic E-state index is -0.0509. The van der Waals surface area contributed by atoms with Gasteiger partial charge in [-0.15, -0.1) is 0 Å². The number of thiophene rings is 1. The van der Waals surface area contributed by atoms with Crippen LogP contribution in [0.1, 0.15) is 10.4 Å². The molecule has 6 heteroatoms. The van der Waals surface area contributed by atoms with E-state index in [1.54, 1.807) is 17.5 Å². The first-order chi connectivity index (χ1) is 15.8. The molecule has 3 aromatic carbocycles. The third-order valence-corrected chi connectivity index (χ3v) is 11.0. The van der Waals surface area contributed by atoms with Gasteiger partial charge in [0, 0.05) is 0 Å². The van der Waals surface area contributed by atoms with E-state index in [0.29, 0.717) is 0 Å². The summed E-state index contributed by atoms with van der Waals surface area (Å²) in [5.74, 6) is -0.0509. The summed E-state index contributed by atoms with van der Waals surface area (Å²) >= 11 is 1.83. The van der Waals surface area contributed by atoms with Crippen LogP contribution in [0.2, 0.25) is 0 Å². The van der Waals surface area contributed by atoms with Gasteiger partial charge in [-0.2, -0.15) is 0 Å². The molecule has 2 aromatic heterocycles. The molecule has 0 atom stereocenters. The number of amides is 1. The molecule has 0 fully saturated rings. The SMILES string of the molecule is O=C(Nc1cccc2cccnc12)c1c([Se]c2ccccc2)csc1[Se]c1ccccc1. The summed E-state index contributed by atoms with van der Waals surface area (Å²) in [6, 6.07) is 30.6. The first-order valence-corrected chi connectivity index (χ1v) is 14.3. The number of carbonyl (C=O) groups is 1. The van der Waals surface area contributed by atoms with Gasteiger partial charge in [0.2, 0.25) is 0 Å². The number of hydrogen-bond acceptors (Lipinski definition) is 3. The van der Waals surface area contributed by atoms with Gasteiger partial charge in [0.1, 0.15) is 0 Å². The molecule has 0 spiro atoms. The van der Waals surface area contributed by atoms with Crippen molar-refractivity contribution < 1.29 is 4.79 Å². The molecule has 5 aromatic rings. The third-order valence-electron chi connectivity index (χ3n) is 4.76. The molecule has 156 valence electrons. The maximum atomic E-state index is 13.6. The second-order valence-corrected chi connectivity index (χ2v) is 13.0. The van der Waals surface area contributed by atoms with E-state index < -0.39 is 0 Å². The fourth-order valence-corrected chi connectivity index (χ4v) is 9.69. The van der Waals surface area contributed by atoms with Crippen LogP contribution < -0.4 is 22.5 Å². The van der Waals surface area contributed by atoms with E-state index in [1.807, 2.05) is 42.5 Å². The van der Waals surface area contributed by atoms with Crippen LogP contribution in [0.5, 0.6) is 0 Å². The average Bonchev–Trinajstić information content (AvgIpc) is 3.22. The van der Waals surface area contributed by atoms with Gasteiger partial charge in [-0.1, -0.05) is 0 Å². The predicted octanol–water partition coefficient (Wildman–Crippen LogP) is 2.86. The third kappa shape index (κ3) is 4.70. The van der Waals surface area contributed by atoms with E-state index in [2.05, 4.69) is 64.2 Å². The summed E-state index contributed by atoms with van der Waals surface area (Å²) in [5, 5.41) is 6.35. The molecule has 0 aliphatic heterocycles. The van der Waals surface area contributed by atoms with Crippen molar-refractivity contribution in [3.63, 3.8) is 0 Å². The summed E-state index contributed by atoms with van der Waals surface area (Å²) < 4.78 is 4.81. The molecule has 3 nitrogen and oxygen atoms in total. The van der Waals surface area contributed by atoms with E-state index in [0.717, 1.165) is 30.4 Å². The standard InChI is InChI=1S/C26H18N2OSSe2/c29-25(28-21-15-7-9-18-10-8-16-27-24(18)21)23-22(31-19-11-3-1-4-12-19)17-30-26(23)32-20-13-5-2-6-14-20/h1-17H,(H,28,29). The van der Waals surface area contributed by atoms with Crippen molar-refractivity contribution >= 4 is 80.9 Å². The number of fused-ring (bicyclic) bond motifs is 1. The molecule has 5 rings (SSSR count). The van der Waals surface area contributed by atoms with Crippen LogP contribution in [0, 0.1) is 0 Å². The first kappa shape index (κ1) is 21.1. The molecular weight excluding hydrogens is 546 g/mol. The Labute approximate surface area is 203 Å². The van der Waals surface area contributed by atoms with Gasteiger partial charge in [0.15, 0.2) is 0 Å². The first-order valence-electron chi connectivity index (χ1n) is 10.0. The van der Waals surface area contributed by atoms with Crippen molar-refractivity contribution in [2.45, 2.75) is 0 Å². The van der Waals surface area contributed by atoms with Crippen LogP contribution in [-0.4, -0.2) is 40.8 Å². The second-order valence-electron chi connectivity index (χ2n) is 6.93. The number of para-hydroxylation sites is 1. The van der Waals surface area contributed by atoms with Crippen molar-refractivity contribution in [1.82, 2.24) is 4.98 Å². The zero-order chi connectivity index (χ0) is 21.8. The van der Waals surface area contributed by atoms with E-state index in [9.17, 15) is 4.79 Å². The summed E-state index contributed by atoms with van der Waals surface area (Å²) in [6.07, 6.45) is 1.76. The molecule has 0 unspecified atom stereocenters. The normalized spacial score (nSPS) is 10.9. The summed E-state index contributed by atoms with van der Waals surface area (Å²) in [7, 11) is 0. The Balaban J connectivity index is 1.52. The number of rotatable bonds is 6. The summed E-state index contributed by atoms with van der Waals surface area (Å²) in [5.41, 5.74) is 2.38. The Morgan fingerprint density at radius 1 is 0.781 bits per heavy atom. The van der Waals surface area contributed by atoms with E-state index in [4.69, 9.17) is 0 Å². The number of carbonyl (C=O) groups excluding carboxylic acids is 1.